The standard InChI is InChI=1S/C23H18N4O4/c28-21(14-24-23(30)20-11-6-12-31-20)26-27-22(29)17-13-19(15-7-2-1-3-8-15)25-18-10-5-4-9-16(17)18/h1-13H,14H2,(H,24,30)(H,26,28)(H,27,29). The second kappa shape index (κ2) is 8.91. The number of hydrazine groups is 1. The van der Waals surface area contributed by atoms with Crippen molar-refractivity contribution >= 4 is 28.6 Å². The first kappa shape index (κ1) is 19.8. The Kier molecular flexibility index (Phi) is 5.70. The third-order valence-corrected chi connectivity index (χ3v) is 4.50. The van der Waals surface area contributed by atoms with E-state index in [4.69, 9.17) is 4.42 Å². The van der Waals surface area contributed by atoms with Gasteiger partial charge < -0.3 is 9.73 Å². The second-order valence-electron chi connectivity index (χ2n) is 6.60. The molecule has 0 saturated heterocycles. The van der Waals surface area contributed by atoms with Crippen molar-refractivity contribution in [1.82, 2.24) is 21.2 Å². The highest BCUT2D eigenvalue weighted by Gasteiger charge is 2.15. The molecule has 2 aromatic heterocycles. The van der Waals surface area contributed by atoms with Crippen LogP contribution in [0.25, 0.3) is 22.2 Å². The molecule has 0 bridgehead atoms. The third kappa shape index (κ3) is 4.59. The number of benzene rings is 2. The molecule has 4 rings (SSSR count). The number of hydrogen-bond acceptors (Lipinski definition) is 5. The molecule has 0 spiro atoms. The van der Waals surface area contributed by atoms with Crippen LogP contribution in [-0.4, -0.2) is 29.3 Å². The molecule has 4 aromatic rings. The highest BCUT2D eigenvalue weighted by molar-refractivity contribution is 6.07. The smallest absolute Gasteiger partial charge is 0.287 e. The molecule has 0 fully saturated rings. The van der Waals surface area contributed by atoms with E-state index in [2.05, 4.69) is 21.2 Å². The maximum atomic E-state index is 12.8. The fraction of sp³-hybridized carbons (Fsp3) is 0.0435. The zero-order chi connectivity index (χ0) is 21.6. The highest BCUT2D eigenvalue weighted by Crippen LogP contribution is 2.24. The summed E-state index contributed by atoms with van der Waals surface area (Å²) in [6.07, 6.45) is 1.36. The van der Waals surface area contributed by atoms with Gasteiger partial charge in [0, 0.05) is 10.9 Å². The van der Waals surface area contributed by atoms with Gasteiger partial charge in [0.15, 0.2) is 5.76 Å². The van der Waals surface area contributed by atoms with E-state index in [1.54, 1.807) is 18.2 Å². The van der Waals surface area contributed by atoms with Crippen molar-refractivity contribution in [3.63, 3.8) is 0 Å². The Morgan fingerprint density at radius 3 is 2.39 bits per heavy atom. The van der Waals surface area contributed by atoms with Crippen molar-refractivity contribution in [2.45, 2.75) is 0 Å². The number of aromatic nitrogens is 1. The Hall–Kier alpha value is -4.46. The number of fused-ring (bicyclic) bond motifs is 1. The molecule has 0 unspecified atom stereocenters. The van der Waals surface area contributed by atoms with Crippen molar-refractivity contribution in [3.05, 3.63) is 90.4 Å². The molecule has 3 N–H and O–H groups in total. The zero-order valence-electron chi connectivity index (χ0n) is 16.3. The first-order valence-corrected chi connectivity index (χ1v) is 9.48. The lowest BCUT2D eigenvalue weighted by atomic mass is 10.0. The monoisotopic (exact) mass is 414 g/mol. The molecule has 31 heavy (non-hydrogen) atoms. The highest BCUT2D eigenvalue weighted by atomic mass is 16.3. The Morgan fingerprint density at radius 1 is 0.839 bits per heavy atom. The van der Waals surface area contributed by atoms with E-state index < -0.39 is 17.7 Å². The van der Waals surface area contributed by atoms with Gasteiger partial charge in [-0.25, -0.2) is 4.98 Å². The number of hydrogen-bond donors (Lipinski definition) is 3. The summed E-state index contributed by atoms with van der Waals surface area (Å²) in [4.78, 5) is 41.3. The number of para-hydroxylation sites is 1. The second-order valence-corrected chi connectivity index (χ2v) is 6.60. The number of carbonyl (C=O) groups excluding carboxylic acids is 3. The van der Waals surface area contributed by atoms with Gasteiger partial charge in [-0.2, -0.15) is 0 Å². The topological polar surface area (TPSA) is 113 Å². The summed E-state index contributed by atoms with van der Waals surface area (Å²) in [6, 6.07) is 21.5. The molecule has 0 atom stereocenters. The molecule has 2 aromatic carbocycles. The van der Waals surface area contributed by atoms with E-state index in [0.717, 1.165) is 5.56 Å². The van der Waals surface area contributed by atoms with Crippen molar-refractivity contribution < 1.29 is 18.8 Å². The molecule has 8 nitrogen and oxygen atoms in total. The first-order chi connectivity index (χ1) is 15.1. The molecule has 0 aliphatic rings. The van der Waals surface area contributed by atoms with Crippen LogP contribution in [0.5, 0.6) is 0 Å². The number of amides is 3. The van der Waals surface area contributed by atoms with Crippen LogP contribution in [0, 0.1) is 0 Å². The van der Waals surface area contributed by atoms with Crippen LogP contribution in [0.3, 0.4) is 0 Å². The number of furan rings is 1. The summed E-state index contributed by atoms with van der Waals surface area (Å²) in [5, 5.41) is 3.06. The Labute approximate surface area is 177 Å². The normalized spacial score (nSPS) is 10.5. The molecule has 0 saturated carbocycles. The summed E-state index contributed by atoms with van der Waals surface area (Å²) in [7, 11) is 0. The van der Waals surface area contributed by atoms with Gasteiger partial charge in [-0.3, -0.25) is 25.2 Å². The molecule has 2 heterocycles. The molecule has 0 aliphatic carbocycles. The lowest BCUT2D eigenvalue weighted by Crippen LogP contribution is -2.46. The van der Waals surface area contributed by atoms with Crippen LogP contribution in [-0.2, 0) is 4.79 Å². The molecule has 0 aliphatic heterocycles. The van der Waals surface area contributed by atoms with Crippen molar-refractivity contribution in [2.75, 3.05) is 6.54 Å². The number of pyridine rings is 1. The van der Waals surface area contributed by atoms with Gasteiger partial charge >= 0.3 is 0 Å². The van der Waals surface area contributed by atoms with Crippen molar-refractivity contribution in [2.24, 2.45) is 0 Å². The molecule has 8 heteroatoms. The zero-order valence-corrected chi connectivity index (χ0v) is 16.3. The van der Waals surface area contributed by atoms with Gasteiger partial charge in [0.05, 0.1) is 29.6 Å². The van der Waals surface area contributed by atoms with E-state index in [-0.39, 0.29) is 12.3 Å². The summed E-state index contributed by atoms with van der Waals surface area (Å²) in [5.74, 6) is -1.52. The van der Waals surface area contributed by atoms with E-state index >= 15 is 0 Å². The summed E-state index contributed by atoms with van der Waals surface area (Å²) in [6.45, 7) is -0.327. The van der Waals surface area contributed by atoms with Gasteiger partial charge in [-0.1, -0.05) is 48.5 Å². The minimum Gasteiger partial charge on any atom is -0.459 e. The van der Waals surface area contributed by atoms with E-state index in [9.17, 15) is 14.4 Å². The van der Waals surface area contributed by atoms with Crippen LogP contribution in [0.1, 0.15) is 20.9 Å². The number of nitrogens with zero attached hydrogens (tertiary/aromatic N) is 1. The van der Waals surface area contributed by atoms with E-state index in [1.807, 2.05) is 48.5 Å². The molecule has 0 radical (unpaired) electrons. The number of carbonyl (C=O) groups is 3. The lowest BCUT2D eigenvalue weighted by molar-refractivity contribution is -0.120. The van der Waals surface area contributed by atoms with Gasteiger partial charge in [0.25, 0.3) is 17.7 Å². The van der Waals surface area contributed by atoms with Crippen LogP contribution in [0.4, 0.5) is 0 Å². The average molecular weight is 414 g/mol. The predicted octanol–water partition coefficient (Wildman–Crippen LogP) is 2.69. The molecular formula is C23H18N4O4. The van der Waals surface area contributed by atoms with Crippen LogP contribution in [0.15, 0.2) is 83.5 Å². The predicted molar refractivity (Wildman–Crippen MR) is 114 cm³/mol. The lowest BCUT2D eigenvalue weighted by Gasteiger charge is -2.11. The largest absolute Gasteiger partial charge is 0.459 e. The Morgan fingerprint density at radius 2 is 1.61 bits per heavy atom. The number of nitrogens with one attached hydrogen (secondary N) is 3. The van der Waals surface area contributed by atoms with Gasteiger partial charge in [0.2, 0.25) is 0 Å². The molecular weight excluding hydrogens is 396 g/mol. The number of rotatable bonds is 5. The van der Waals surface area contributed by atoms with E-state index in [1.165, 1.54) is 12.3 Å². The minimum atomic E-state index is -0.588. The minimum absolute atomic E-state index is 0.0912. The third-order valence-electron chi connectivity index (χ3n) is 4.50. The fourth-order valence-corrected chi connectivity index (χ4v) is 3.01. The summed E-state index contributed by atoms with van der Waals surface area (Å²) in [5.41, 5.74) is 7.22. The van der Waals surface area contributed by atoms with Gasteiger partial charge in [-0.05, 0) is 24.3 Å². The van der Waals surface area contributed by atoms with Crippen molar-refractivity contribution in [3.8, 4) is 11.3 Å². The summed E-state index contributed by atoms with van der Waals surface area (Å²) >= 11 is 0. The maximum Gasteiger partial charge on any atom is 0.287 e. The molecule has 3 amide bonds. The van der Waals surface area contributed by atoms with Gasteiger partial charge in [-0.15, -0.1) is 0 Å². The van der Waals surface area contributed by atoms with Crippen molar-refractivity contribution in [1.29, 1.82) is 0 Å². The van der Waals surface area contributed by atoms with Crippen LogP contribution < -0.4 is 16.2 Å². The maximum absolute atomic E-state index is 12.8. The quantitative estimate of drug-likeness (QED) is 0.435. The van der Waals surface area contributed by atoms with E-state index in [0.29, 0.717) is 22.2 Å². The Bertz CT molecular complexity index is 1240. The van der Waals surface area contributed by atoms with Crippen LogP contribution in [0.2, 0.25) is 0 Å². The van der Waals surface area contributed by atoms with Crippen LogP contribution >= 0.6 is 0 Å². The summed E-state index contributed by atoms with van der Waals surface area (Å²) < 4.78 is 4.95. The Balaban J connectivity index is 1.47. The first-order valence-electron chi connectivity index (χ1n) is 9.48. The average Bonchev–Trinajstić information content (AvgIpc) is 3.36. The van der Waals surface area contributed by atoms with Gasteiger partial charge in [0.1, 0.15) is 0 Å². The SMILES string of the molecule is O=C(CNC(=O)c1ccco1)NNC(=O)c1cc(-c2ccccc2)nc2ccccc12. The fourth-order valence-electron chi connectivity index (χ4n) is 3.01. The molecule has 154 valence electrons.